The topological polar surface area (TPSA) is 77.2 Å². The van der Waals surface area contributed by atoms with Crippen LogP contribution in [-0.4, -0.2) is 23.2 Å². The molecule has 31 heavy (non-hydrogen) atoms. The van der Waals surface area contributed by atoms with Crippen LogP contribution in [-0.2, 0) is 0 Å². The van der Waals surface area contributed by atoms with E-state index in [9.17, 15) is 4.79 Å². The molecule has 1 aromatic heterocycles. The summed E-state index contributed by atoms with van der Waals surface area (Å²) in [5.74, 6) is 0.969. The zero-order valence-electron chi connectivity index (χ0n) is 16.4. The smallest absolute Gasteiger partial charge is 0.252 e. The van der Waals surface area contributed by atoms with Gasteiger partial charge in [-0.2, -0.15) is 0 Å². The van der Waals surface area contributed by atoms with E-state index in [-0.39, 0.29) is 11.8 Å². The third kappa shape index (κ3) is 4.78. The van der Waals surface area contributed by atoms with E-state index in [4.69, 9.17) is 20.8 Å². The molecule has 6 nitrogen and oxygen atoms in total. The first kappa shape index (κ1) is 21.1. The van der Waals surface area contributed by atoms with Crippen LogP contribution in [0.4, 0.5) is 0 Å². The average Bonchev–Trinajstić information content (AvgIpc) is 3.28. The minimum absolute atomic E-state index is 0.266. The molecule has 0 spiro atoms. The van der Waals surface area contributed by atoms with Gasteiger partial charge in [-0.1, -0.05) is 41.9 Å². The predicted octanol–water partition coefficient (Wildman–Crippen LogP) is 5.68. The molecule has 4 rings (SSSR count). The number of hydrogen-bond acceptors (Lipinski definition) is 5. The van der Waals surface area contributed by atoms with Gasteiger partial charge in [0.1, 0.15) is 11.8 Å². The molecule has 156 valence electrons. The van der Waals surface area contributed by atoms with Gasteiger partial charge in [0.2, 0.25) is 11.8 Å². The van der Waals surface area contributed by atoms with Crippen LogP contribution >= 0.6 is 27.5 Å². The molecule has 0 saturated heterocycles. The van der Waals surface area contributed by atoms with Crippen molar-refractivity contribution >= 4 is 33.4 Å². The summed E-state index contributed by atoms with van der Waals surface area (Å²) in [6.45, 7) is 0. The van der Waals surface area contributed by atoms with E-state index in [1.54, 1.807) is 37.4 Å². The third-order valence-electron chi connectivity index (χ3n) is 4.60. The largest absolute Gasteiger partial charge is 0.496 e. The standard InChI is InChI=1S/C23H17BrClN3O3/c1-30-19-12-9-16(13-18(19)24)21(29)26-20(14-7-10-17(25)11-8-14)23-28-27-22(31-23)15-5-3-2-4-6-15/h2-13,20H,1H3,(H,26,29). The number of halogens is 2. The number of carbonyl (C=O) groups excluding carboxylic acids is 1. The quantitative estimate of drug-likeness (QED) is 0.370. The van der Waals surface area contributed by atoms with Crippen molar-refractivity contribution in [1.82, 2.24) is 15.5 Å². The van der Waals surface area contributed by atoms with Gasteiger partial charge in [0.25, 0.3) is 5.91 Å². The highest BCUT2D eigenvalue weighted by Gasteiger charge is 2.24. The first-order chi connectivity index (χ1) is 15.0. The van der Waals surface area contributed by atoms with E-state index < -0.39 is 6.04 Å². The molecule has 1 heterocycles. The van der Waals surface area contributed by atoms with E-state index in [1.165, 1.54) is 0 Å². The van der Waals surface area contributed by atoms with Gasteiger partial charge >= 0.3 is 0 Å². The molecule has 0 saturated carbocycles. The van der Waals surface area contributed by atoms with Crippen LogP contribution in [0.2, 0.25) is 5.02 Å². The molecule has 0 aliphatic heterocycles. The van der Waals surface area contributed by atoms with Gasteiger partial charge in [0.05, 0.1) is 11.6 Å². The summed E-state index contributed by atoms with van der Waals surface area (Å²) in [5, 5.41) is 11.9. The number of benzene rings is 3. The SMILES string of the molecule is COc1ccc(C(=O)NC(c2ccc(Cl)cc2)c2nnc(-c3ccccc3)o2)cc1Br. The van der Waals surface area contributed by atoms with Gasteiger partial charge in [0, 0.05) is 16.1 Å². The number of nitrogens with zero attached hydrogens (tertiary/aromatic N) is 2. The van der Waals surface area contributed by atoms with Gasteiger partial charge in [-0.3, -0.25) is 4.79 Å². The Morgan fingerprint density at radius 2 is 1.81 bits per heavy atom. The van der Waals surface area contributed by atoms with Crippen LogP contribution in [0.25, 0.3) is 11.5 Å². The lowest BCUT2D eigenvalue weighted by Crippen LogP contribution is -2.29. The van der Waals surface area contributed by atoms with E-state index in [0.717, 1.165) is 11.1 Å². The molecular weight excluding hydrogens is 482 g/mol. The van der Waals surface area contributed by atoms with Crippen molar-refractivity contribution in [3.63, 3.8) is 0 Å². The summed E-state index contributed by atoms with van der Waals surface area (Å²) in [5.41, 5.74) is 2.00. The number of rotatable bonds is 6. The molecule has 1 unspecified atom stereocenters. The minimum Gasteiger partial charge on any atom is -0.496 e. The van der Waals surface area contributed by atoms with Crippen molar-refractivity contribution in [3.8, 4) is 17.2 Å². The molecule has 0 bridgehead atoms. The monoisotopic (exact) mass is 497 g/mol. The fourth-order valence-corrected chi connectivity index (χ4v) is 3.68. The second-order valence-corrected chi connectivity index (χ2v) is 7.91. The fraction of sp³-hybridized carbons (Fsp3) is 0.0870. The second kappa shape index (κ2) is 9.32. The number of methoxy groups -OCH3 is 1. The van der Waals surface area contributed by atoms with Crippen molar-refractivity contribution in [2.24, 2.45) is 0 Å². The van der Waals surface area contributed by atoms with E-state index >= 15 is 0 Å². The third-order valence-corrected chi connectivity index (χ3v) is 5.47. The van der Waals surface area contributed by atoms with E-state index in [2.05, 4.69) is 31.4 Å². The molecule has 0 radical (unpaired) electrons. The summed E-state index contributed by atoms with van der Waals surface area (Å²) in [6, 6.07) is 21.0. The highest BCUT2D eigenvalue weighted by Crippen LogP contribution is 2.28. The highest BCUT2D eigenvalue weighted by molar-refractivity contribution is 9.10. The first-order valence-electron chi connectivity index (χ1n) is 9.34. The highest BCUT2D eigenvalue weighted by atomic mass is 79.9. The van der Waals surface area contributed by atoms with Crippen molar-refractivity contribution in [1.29, 1.82) is 0 Å². The van der Waals surface area contributed by atoms with Crippen LogP contribution < -0.4 is 10.1 Å². The Labute approximate surface area is 192 Å². The Kier molecular flexibility index (Phi) is 6.34. The fourth-order valence-electron chi connectivity index (χ4n) is 3.01. The Morgan fingerprint density at radius 3 is 2.48 bits per heavy atom. The zero-order chi connectivity index (χ0) is 21.8. The lowest BCUT2D eigenvalue weighted by molar-refractivity contribution is 0.0938. The summed E-state index contributed by atoms with van der Waals surface area (Å²) in [7, 11) is 1.57. The Bertz CT molecular complexity index is 1200. The van der Waals surface area contributed by atoms with Crippen molar-refractivity contribution in [3.05, 3.63) is 99.3 Å². The summed E-state index contributed by atoms with van der Waals surface area (Å²) >= 11 is 9.45. The summed E-state index contributed by atoms with van der Waals surface area (Å²) in [4.78, 5) is 13.0. The number of aromatic nitrogens is 2. The van der Waals surface area contributed by atoms with Gasteiger partial charge in [-0.05, 0) is 64.0 Å². The number of ether oxygens (including phenoxy) is 1. The molecule has 1 atom stereocenters. The van der Waals surface area contributed by atoms with E-state index in [1.807, 2.05) is 42.5 Å². The Morgan fingerprint density at radius 1 is 1.06 bits per heavy atom. The Hall–Kier alpha value is -3.16. The molecule has 0 aliphatic rings. The number of carbonyl (C=O) groups is 1. The van der Waals surface area contributed by atoms with Gasteiger partial charge in [0.15, 0.2) is 0 Å². The number of hydrogen-bond donors (Lipinski definition) is 1. The van der Waals surface area contributed by atoms with Crippen molar-refractivity contribution in [2.75, 3.05) is 7.11 Å². The normalized spacial score (nSPS) is 11.7. The van der Waals surface area contributed by atoms with Crippen molar-refractivity contribution < 1.29 is 13.9 Å². The van der Waals surface area contributed by atoms with E-state index in [0.29, 0.717) is 26.7 Å². The van der Waals surface area contributed by atoms with Gasteiger partial charge in [-0.15, -0.1) is 10.2 Å². The van der Waals surface area contributed by atoms with Crippen LogP contribution in [0.5, 0.6) is 5.75 Å². The number of nitrogens with one attached hydrogen (secondary N) is 1. The van der Waals surface area contributed by atoms with Crippen LogP contribution in [0.3, 0.4) is 0 Å². The van der Waals surface area contributed by atoms with Crippen molar-refractivity contribution in [2.45, 2.75) is 6.04 Å². The lowest BCUT2D eigenvalue weighted by atomic mass is 10.1. The zero-order valence-corrected chi connectivity index (χ0v) is 18.7. The molecule has 3 aromatic carbocycles. The predicted molar refractivity (Wildman–Crippen MR) is 121 cm³/mol. The minimum atomic E-state index is -0.657. The van der Waals surface area contributed by atoms with Crippen LogP contribution in [0.1, 0.15) is 27.9 Å². The number of amides is 1. The molecule has 0 aliphatic carbocycles. The molecule has 4 aromatic rings. The summed E-state index contributed by atoms with van der Waals surface area (Å²) < 4.78 is 11.8. The molecule has 8 heteroatoms. The van der Waals surface area contributed by atoms with Gasteiger partial charge < -0.3 is 14.5 Å². The Balaban J connectivity index is 1.67. The second-order valence-electron chi connectivity index (χ2n) is 6.62. The van der Waals surface area contributed by atoms with Crippen LogP contribution in [0, 0.1) is 0 Å². The van der Waals surface area contributed by atoms with Crippen LogP contribution in [0.15, 0.2) is 81.7 Å². The molecule has 1 amide bonds. The first-order valence-corrected chi connectivity index (χ1v) is 10.5. The van der Waals surface area contributed by atoms with Gasteiger partial charge in [-0.25, -0.2) is 0 Å². The average molecular weight is 499 g/mol. The maximum atomic E-state index is 13.0. The summed E-state index contributed by atoms with van der Waals surface area (Å²) in [6.07, 6.45) is 0. The maximum absolute atomic E-state index is 13.0. The lowest BCUT2D eigenvalue weighted by Gasteiger charge is -2.16. The molecular formula is C23H17BrClN3O3. The molecule has 1 N–H and O–H groups in total. The molecule has 0 fully saturated rings. The maximum Gasteiger partial charge on any atom is 0.252 e.